The summed E-state index contributed by atoms with van der Waals surface area (Å²) in [4.78, 5) is 0. The Hall–Kier alpha value is -2.00. The fraction of sp³-hybridized carbons (Fsp3) is 0.188. The summed E-state index contributed by atoms with van der Waals surface area (Å²) in [6.45, 7) is 2.54. The minimum atomic E-state index is -0.0908. The van der Waals surface area contributed by atoms with Crippen molar-refractivity contribution in [2.24, 2.45) is 5.73 Å². The van der Waals surface area contributed by atoms with Crippen molar-refractivity contribution in [1.82, 2.24) is 0 Å². The van der Waals surface area contributed by atoms with Crippen molar-refractivity contribution >= 4 is 17.4 Å². The quantitative estimate of drug-likeness (QED) is 0.650. The number of hydrogen-bond donors (Lipinski definition) is 2. The zero-order valence-corrected chi connectivity index (χ0v) is 12.1. The molecule has 0 saturated heterocycles. The van der Waals surface area contributed by atoms with Crippen LogP contribution in [0.3, 0.4) is 0 Å². The lowest BCUT2D eigenvalue weighted by atomic mass is 10.1. The fourth-order valence-corrected chi connectivity index (χ4v) is 2.19. The molecule has 0 unspecified atom stereocenters. The molecule has 104 valence electrons. The topological polar surface area (TPSA) is 59.1 Å². The van der Waals surface area contributed by atoms with Gasteiger partial charge in [0.15, 0.2) is 0 Å². The average Bonchev–Trinajstić information content (AvgIpc) is 2.45. The highest BCUT2D eigenvalue weighted by Gasteiger charge is 2.11. The van der Waals surface area contributed by atoms with Gasteiger partial charge in [-0.2, -0.15) is 0 Å². The molecule has 0 fully saturated rings. The van der Waals surface area contributed by atoms with Gasteiger partial charge in [-0.05, 0) is 29.7 Å². The minimum Gasteiger partial charge on any atom is -0.488 e. The molecule has 0 aliphatic carbocycles. The van der Waals surface area contributed by atoms with Gasteiger partial charge in [0.1, 0.15) is 18.2 Å². The largest absolute Gasteiger partial charge is 0.488 e. The number of nitrogen functional groups attached to an aromatic ring is 1. The van der Waals surface area contributed by atoms with Crippen molar-refractivity contribution < 1.29 is 4.74 Å². The molecule has 0 atom stereocenters. The number of amidine groups is 1. The molecular formula is C16H17ClN2O. The van der Waals surface area contributed by atoms with Gasteiger partial charge in [-0.1, -0.05) is 48.9 Å². The SMILES string of the molecule is CCc1ccc(COc2cccc(Cl)c2C(=N)N)cc1. The van der Waals surface area contributed by atoms with Crippen LogP contribution in [0, 0.1) is 5.41 Å². The molecule has 3 nitrogen and oxygen atoms in total. The van der Waals surface area contributed by atoms with Gasteiger partial charge >= 0.3 is 0 Å². The van der Waals surface area contributed by atoms with Gasteiger partial charge in [0.05, 0.1) is 10.6 Å². The van der Waals surface area contributed by atoms with Crippen LogP contribution >= 0.6 is 11.6 Å². The Bertz CT molecular complexity index is 608. The summed E-state index contributed by atoms with van der Waals surface area (Å²) in [7, 11) is 0. The molecule has 0 spiro atoms. The van der Waals surface area contributed by atoms with Crippen LogP contribution in [-0.4, -0.2) is 5.84 Å². The van der Waals surface area contributed by atoms with Crippen molar-refractivity contribution in [3.63, 3.8) is 0 Å². The minimum absolute atomic E-state index is 0.0908. The third-order valence-electron chi connectivity index (χ3n) is 3.07. The highest BCUT2D eigenvalue weighted by atomic mass is 35.5. The van der Waals surface area contributed by atoms with Crippen molar-refractivity contribution in [3.8, 4) is 5.75 Å². The van der Waals surface area contributed by atoms with E-state index in [1.807, 2.05) is 12.1 Å². The second-order valence-corrected chi connectivity index (χ2v) is 4.89. The van der Waals surface area contributed by atoms with Crippen LogP contribution in [0.4, 0.5) is 0 Å². The van der Waals surface area contributed by atoms with E-state index in [0.717, 1.165) is 12.0 Å². The van der Waals surface area contributed by atoms with Crippen LogP contribution in [0.2, 0.25) is 5.02 Å². The van der Waals surface area contributed by atoms with E-state index in [9.17, 15) is 0 Å². The second kappa shape index (κ2) is 6.44. The van der Waals surface area contributed by atoms with Gasteiger partial charge in [0, 0.05) is 0 Å². The van der Waals surface area contributed by atoms with Gasteiger partial charge in [-0.15, -0.1) is 0 Å². The van der Waals surface area contributed by atoms with E-state index >= 15 is 0 Å². The normalized spacial score (nSPS) is 10.3. The van der Waals surface area contributed by atoms with Gasteiger partial charge in [-0.3, -0.25) is 5.41 Å². The number of benzene rings is 2. The lowest BCUT2D eigenvalue weighted by Gasteiger charge is -2.12. The van der Waals surface area contributed by atoms with Crippen molar-refractivity contribution in [2.45, 2.75) is 20.0 Å². The lowest BCUT2D eigenvalue weighted by Crippen LogP contribution is -2.13. The summed E-state index contributed by atoms with van der Waals surface area (Å²) >= 11 is 6.04. The monoisotopic (exact) mass is 288 g/mol. The average molecular weight is 289 g/mol. The van der Waals surface area contributed by atoms with Crippen molar-refractivity contribution in [2.75, 3.05) is 0 Å². The van der Waals surface area contributed by atoms with Crippen LogP contribution in [0.1, 0.15) is 23.6 Å². The van der Waals surface area contributed by atoms with E-state index in [-0.39, 0.29) is 5.84 Å². The van der Waals surface area contributed by atoms with Crippen molar-refractivity contribution in [1.29, 1.82) is 5.41 Å². The summed E-state index contributed by atoms with van der Waals surface area (Å²) in [5.74, 6) is 0.441. The number of nitrogens with two attached hydrogens (primary N) is 1. The van der Waals surface area contributed by atoms with E-state index < -0.39 is 0 Å². The highest BCUT2D eigenvalue weighted by Crippen LogP contribution is 2.26. The molecule has 3 N–H and O–H groups in total. The first-order valence-electron chi connectivity index (χ1n) is 6.45. The molecule has 0 aromatic heterocycles. The van der Waals surface area contributed by atoms with Crippen LogP contribution in [0.15, 0.2) is 42.5 Å². The molecule has 0 aliphatic rings. The summed E-state index contributed by atoms with van der Waals surface area (Å²) in [6, 6.07) is 13.5. The molecule has 2 aromatic rings. The Kier molecular flexibility index (Phi) is 4.64. The van der Waals surface area contributed by atoms with E-state index in [2.05, 4.69) is 19.1 Å². The van der Waals surface area contributed by atoms with Crippen LogP contribution < -0.4 is 10.5 Å². The standard InChI is InChI=1S/C16H17ClN2O/c1-2-11-6-8-12(9-7-11)10-20-14-5-3-4-13(17)15(14)16(18)19/h3-9H,2,10H2,1H3,(H3,18,19). The van der Waals surface area contributed by atoms with Crippen LogP contribution in [0.5, 0.6) is 5.75 Å². The molecule has 0 heterocycles. The Morgan fingerprint density at radius 1 is 1.15 bits per heavy atom. The lowest BCUT2D eigenvalue weighted by molar-refractivity contribution is 0.305. The molecule has 4 heteroatoms. The van der Waals surface area contributed by atoms with Crippen LogP contribution in [0.25, 0.3) is 0 Å². The maximum Gasteiger partial charge on any atom is 0.132 e. The first kappa shape index (κ1) is 14.4. The molecule has 2 rings (SSSR count). The van der Waals surface area contributed by atoms with Gasteiger partial charge in [0.25, 0.3) is 0 Å². The highest BCUT2D eigenvalue weighted by molar-refractivity contribution is 6.34. The van der Waals surface area contributed by atoms with Crippen LogP contribution in [-0.2, 0) is 13.0 Å². The summed E-state index contributed by atoms with van der Waals surface area (Å²) in [6.07, 6.45) is 1.02. The number of hydrogen-bond acceptors (Lipinski definition) is 2. The summed E-state index contributed by atoms with van der Waals surface area (Å²) < 4.78 is 5.73. The predicted molar refractivity (Wildman–Crippen MR) is 82.6 cm³/mol. The molecule has 2 aromatic carbocycles. The number of rotatable bonds is 5. The second-order valence-electron chi connectivity index (χ2n) is 4.49. The molecular weight excluding hydrogens is 272 g/mol. The molecule has 20 heavy (non-hydrogen) atoms. The third kappa shape index (κ3) is 3.31. The summed E-state index contributed by atoms with van der Waals surface area (Å²) in [5, 5.41) is 7.99. The number of nitrogens with one attached hydrogen (secondary N) is 1. The smallest absolute Gasteiger partial charge is 0.132 e. The summed E-state index contributed by atoms with van der Waals surface area (Å²) in [5.41, 5.74) is 8.34. The molecule has 0 amide bonds. The Morgan fingerprint density at radius 2 is 1.80 bits per heavy atom. The first-order valence-corrected chi connectivity index (χ1v) is 6.83. The van der Waals surface area contributed by atoms with E-state index in [0.29, 0.717) is 22.9 Å². The molecule has 0 radical (unpaired) electrons. The third-order valence-corrected chi connectivity index (χ3v) is 3.39. The zero-order valence-electron chi connectivity index (χ0n) is 11.3. The maximum absolute atomic E-state index is 7.57. The molecule has 0 saturated carbocycles. The zero-order chi connectivity index (χ0) is 14.5. The molecule has 0 aliphatic heterocycles. The first-order chi connectivity index (χ1) is 9.61. The Labute approximate surface area is 123 Å². The van der Waals surface area contributed by atoms with E-state index in [1.54, 1.807) is 18.2 Å². The van der Waals surface area contributed by atoms with Crippen molar-refractivity contribution in [3.05, 3.63) is 64.2 Å². The van der Waals surface area contributed by atoms with Gasteiger partial charge in [0.2, 0.25) is 0 Å². The molecule has 0 bridgehead atoms. The van der Waals surface area contributed by atoms with E-state index in [1.165, 1.54) is 5.56 Å². The maximum atomic E-state index is 7.57. The fourth-order valence-electron chi connectivity index (χ4n) is 1.92. The van der Waals surface area contributed by atoms with Gasteiger partial charge < -0.3 is 10.5 Å². The Balaban J connectivity index is 2.14. The van der Waals surface area contributed by atoms with E-state index in [4.69, 9.17) is 27.5 Å². The number of aryl methyl sites for hydroxylation is 1. The number of ether oxygens (including phenoxy) is 1. The predicted octanol–water partition coefficient (Wildman–Crippen LogP) is 3.77. The number of halogens is 1. The van der Waals surface area contributed by atoms with Gasteiger partial charge in [-0.25, -0.2) is 0 Å². The Morgan fingerprint density at radius 3 is 2.40 bits per heavy atom.